The van der Waals surface area contributed by atoms with Crippen molar-refractivity contribution in [3.8, 4) is 0 Å². The lowest BCUT2D eigenvalue weighted by Crippen LogP contribution is -2.46. The molecule has 21 heavy (non-hydrogen) atoms. The number of hydrogen-bond donors (Lipinski definition) is 2. The Morgan fingerprint density at radius 2 is 2.05 bits per heavy atom. The molecule has 1 aromatic rings. The summed E-state index contributed by atoms with van der Waals surface area (Å²) in [6.45, 7) is -0.0583. The summed E-state index contributed by atoms with van der Waals surface area (Å²) in [5.41, 5.74) is 6.58. The van der Waals surface area contributed by atoms with Gasteiger partial charge in [0.1, 0.15) is 11.8 Å². The number of nitrogens with one attached hydrogen (secondary N) is 1. The summed E-state index contributed by atoms with van der Waals surface area (Å²) in [6, 6.07) is 5.75. The smallest absolute Gasteiger partial charge is 0.243 e. The van der Waals surface area contributed by atoms with E-state index in [4.69, 9.17) is 5.73 Å². The number of hydrogen-bond acceptors (Lipinski definition) is 5. The molecule has 1 aliphatic rings. The maximum atomic E-state index is 12.1. The molecule has 0 saturated carbocycles. The number of carbonyl (C=O) groups is 2. The molecule has 0 aromatic heterocycles. The molecule has 0 radical (unpaired) electrons. The zero-order valence-electron chi connectivity index (χ0n) is 11.3. The molecule has 0 bridgehead atoms. The number of fused-ring (bicyclic) bond motifs is 1. The highest BCUT2D eigenvalue weighted by atomic mass is 35.5. The van der Waals surface area contributed by atoms with Gasteiger partial charge in [-0.2, -0.15) is 0 Å². The van der Waals surface area contributed by atoms with Crippen molar-refractivity contribution in [2.75, 3.05) is 28.8 Å². The Morgan fingerprint density at radius 3 is 2.67 bits per heavy atom. The van der Waals surface area contributed by atoms with E-state index in [1.165, 1.54) is 4.90 Å². The Morgan fingerprint density at radius 1 is 1.43 bits per heavy atom. The summed E-state index contributed by atoms with van der Waals surface area (Å²) < 4.78 is 22.5. The largest absolute Gasteiger partial charge is 0.323 e. The van der Waals surface area contributed by atoms with Gasteiger partial charge in [-0.1, -0.05) is 12.1 Å². The van der Waals surface area contributed by atoms with E-state index in [0.717, 1.165) is 6.26 Å². The number of rotatable bonds is 2. The minimum atomic E-state index is -3.46. The van der Waals surface area contributed by atoms with Crippen molar-refractivity contribution in [1.29, 1.82) is 0 Å². The number of benzene rings is 1. The van der Waals surface area contributed by atoms with Crippen LogP contribution < -0.4 is 16.0 Å². The van der Waals surface area contributed by atoms with Crippen LogP contribution in [0.3, 0.4) is 0 Å². The minimum absolute atomic E-state index is 0. The number of anilines is 2. The number of halogens is 1. The van der Waals surface area contributed by atoms with Gasteiger partial charge in [0.15, 0.2) is 9.84 Å². The van der Waals surface area contributed by atoms with Gasteiger partial charge in [0.05, 0.1) is 17.9 Å². The first kappa shape index (κ1) is 17.4. The standard InChI is InChI=1S/C12H15N3O4S.ClH/c1-20(18,19)7-11(16)15-6-8(13)12(17)14-9-4-2-3-5-10(9)15;/h2-5,8H,6-7,13H2,1H3,(H,14,17);1H. The van der Waals surface area contributed by atoms with Crippen LogP contribution in [0.4, 0.5) is 11.4 Å². The van der Waals surface area contributed by atoms with E-state index in [-0.39, 0.29) is 19.0 Å². The van der Waals surface area contributed by atoms with Gasteiger partial charge in [-0.15, -0.1) is 12.4 Å². The topological polar surface area (TPSA) is 110 Å². The fourth-order valence-electron chi connectivity index (χ4n) is 1.96. The van der Waals surface area contributed by atoms with E-state index in [0.29, 0.717) is 11.4 Å². The predicted molar refractivity (Wildman–Crippen MR) is 82.4 cm³/mol. The Labute approximate surface area is 128 Å². The Bertz CT molecular complexity index is 662. The normalized spacial score (nSPS) is 18.1. The third-order valence-electron chi connectivity index (χ3n) is 2.86. The Balaban J connectivity index is 0.00000220. The minimum Gasteiger partial charge on any atom is -0.323 e. The summed E-state index contributed by atoms with van der Waals surface area (Å²) in [5, 5.41) is 2.61. The van der Waals surface area contributed by atoms with E-state index in [1.807, 2.05) is 0 Å². The van der Waals surface area contributed by atoms with Gasteiger partial charge >= 0.3 is 0 Å². The maximum Gasteiger partial charge on any atom is 0.243 e. The fourth-order valence-corrected chi connectivity index (χ4v) is 2.56. The predicted octanol–water partition coefficient (Wildman–Crippen LogP) is -0.235. The third kappa shape index (κ3) is 4.16. The second-order valence-corrected chi connectivity index (χ2v) is 6.83. The third-order valence-corrected chi connectivity index (χ3v) is 3.63. The van der Waals surface area contributed by atoms with E-state index in [9.17, 15) is 18.0 Å². The van der Waals surface area contributed by atoms with E-state index >= 15 is 0 Å². The van der Waals surface area contributed by atoms with E-state index in [2.05, 4.69) is 5.32 Å². The molecule has 1 unspecified atom stereocenters. The molecule has 2 amide bonds. The average Bonchev–Trinajstić information content (AvgIpc) is 2.45. The van der Waals surface area contributed by atoms with Crippen molar-refractivity contribution >= 4 is 45.4 Å². The number of sulfone groups is 1. The molecule has 1 atom stereocenters. The number of nitrogens with zero attached hydrogens (tertiary/aromatic N) is 1. The van der Waals surface area contributed by atoms with E-state index < -0.39 is 33.4 Å². The zero-order chi connectivity index (χ0) is 14.9. The molecule has 0 fully saturated rings. The molecule has 9 heteroatoms. The summed E-state index contributed by atoms with van der Waals surface area (Å²) >= 11 is 0. The Kier molecular flexibility index (Phi) is 5.32. The van der Waals surface area contributed by atoms with Crippen LogP contribution in [0.5, 0.6) is 0 Å². The Hall–Kier alpha value is -1.64. The molecule has 1 heterocycles. The lowest BCUT2D eigenvalue weighted by Gasteiger charge is -2.23. The van der Waals surface area contributed by atoms with Crippen molar-refractivity contribution < 1.29 is 18.0 Å². The molecule has 0 saturated heterocycles. The summed E-state index contributed by atoms with van der Waals surface area (Å²) in [6.07, 6.45) is 0.984. The van der Waals surface area contributed by atoms with Crippen molar-refractivity contribution in [2.45, 2.75) is 6.04 Å². The maximum absolute atomic E-state index is 12.1. The summed E-state index contributed by atoms with van der Waals surface area (Å²) in [5.74, 6) is -1.64. The molecule has 0 spiro atoms. The average molecular weight is 334 g/mol. The van der Waals surface area contributed by atoms with Crippen molar-refractivity contribution in [3.05, 3.63) is 24.3 Å². The summed E-state index contributed by atoms with van der Waals surface area (Å²) in [7, 11) is -3.46. The second kappa shape index (κ2) is 6.42. The van der Waals surface area contributed by atoms with Crippen LogP contribution in [0.15, 0.2) is 24.3 Å². The molecule has 7 nitrogen and oxygen atoms in total. The number of carbonyl (C=O) groups excluding carboxylic acids is 2. The highest BCUT2D eigenvalue weighted by molar-refractivity contribution is 7.91. The fraction of sp³-hybridized carbons (Fsp3) is 0.333. The first-order valence-corrected chi connectivity index (χ1v) is 7.97. The number of para-hydroxylation sites is 2. The molecule has 116 valence electrons. The second-order valence-electron chi connectivity index (χ2n) is 4.69. The van der Waals surface area contributed by atoms with Crippen LogP contribution in [0.2, 0.25) is 0 Å². The molecule has 3 N–H and O–H groups in total. The van der Waals surface area contributed by atoms with Crippen LogP contribution in [0.25, 0.3) is 0 Å². The molecule has 1 aliphatic heterocycles. The van der Waals surface area contributed by atoms with Gasteiger partial charge in [0.2, 0.25) is 11.8 Å². The van der Waals surface area contributed by atoms with Crippen molar-refractivity contribution in [2.24, 2.45) is 5.73 Å². The number of nitrogens with two attached hydrogens (primary N) is 1. The lowest BCUT2D eigenvalue weighted by atomic mass is 10.2. The lowest BCUT2D eigenvalue weighted by molar-refractivity contribution is -0.117. The van der Waals surface area contributed by atoms with Crippen LogP contribution in [0, 0.1) is 0 Å². The van der Waals surface area contributed by atoms with Gasteiger partial charge in [0, 0.05) is 6.26 Å². The van der Waals surface area contributed by atoms with Gasteiger partial charge in [-0.05, 0) is 12.1 Å². The molecule has 1 aromatic carbocycles. The quantitative estimate of drug-likeness (QED) is 0.776. The van der Waals surface area contributed by atoms with Crippen LogP contribution in [0.1, 0.15) is 0 Å². The van der Waals surface area contributed by atoms with Crippen LogP contribution >= 0.6 is 12.4 Å². The van der Waals surface area contributed by atoms with Crippen LogP contribution in [-0.4, -0.2) is 44.8 Å². The highest BCUT2D eigenvalue weighted by Gasteiger charge is 2.30. The monoisotopic (exact) mass is 333 g/mol. The SMILES string of the molecule is CS(=O)(=O)CC(=O)N1CC(N)C(=O)Nc2ccccc21.Cl. The van der Waals surface area contributed by atoms with Crippen LogP contribution in [-0.2, 0) is 19.4 Å². The first-order valence-electron chi connectivity index (χ1n) is 5.91. The number of amides is 2. The molecular weight excluding hydrogens is 318 g/mol. The van der Waals surface area contributed by atoms with Gasteiger partial charge in [-0.25, -0.2) is 8.42 Å². The first-order chi connectivity index (χ1) is 9.28. The van der Waals surface area contributed by atoms with E-state index in [1.54, 1.807) is 24.3 Å². The van der Waals surface area contributed by atoms with Crippen molar-refractivity contribution in [3.63, 3.8) is 0 Å². The molecule has 0 aliphatic carbocycles. The zero-order valence-corrected chi connectivity index (χ0v) is 12.9. The van der Waals surface area contributed by atoms with Crippen molar-refractivity contribution in [1.82, 2.24) is 0 Å². The van der Waals surface area contributed by atoms with Gasteiger partial charge in [0.25, 0.3) is 0 Å². The molecular formula is C12H16ClN3O4S. The van der Waals surface area contributed by atoms with Gasteiger partial charge < -0.3 is 16.0 Å². The molecule has 2 rings (SSSR count). The highest BCUT2D eigenvalue weighted by Crippen LogP contribution is 2.28. The summed E-state index contributed by atoms with van der Waals surface area (Å²) in [4.78, 5) is 25.1. The van der Waals surface area contributed by atoms with Gasteiger partial charge in [-0.3, -0.25) is 9.59 Å².